The molecule has 0 saturated heterocycles. The lowest BCUT2D eigenvalue weighted by Crippen LogP contribution is -1.92. The van der Waals surface area contributed by atoms with E-state index in [2.05, 4.69) is 9.97 Å². The van der Waals surface area contributed by atoms with Crippen LogP contribution in [-0.4, -0.2) is 15.1 Å². The monoisotopic (exact) mass is 266 g/mol. The van der Waals surface area contributed by atoms with Crippen molar-refractivity contribution in [1.29, 1.82) is 0 Å². The van der Waals surface area contributed by atoms with Gasteiger partial charge in [-0.05, 0) is 42.4 Å². The van der Waals surface area contributed by atoms with Gasteiger partial charge in [-0.2, -0.15) is 0 Å². The van der Waals surface area contributed by atoms with Crippen LogP contribution in [0.25, 0.3) is 0 Å². The van der Waals surface area contributed by atoms with Crippen molar-refractivity contribution in [1.82, 2.24) is 9.97 Å². The zero-order chi connectivity index (χ0) is 12.3. The van der Waals surface area contributed by atoms with Crippen LogP contribution in [0.5, 0.6) is 0 Å². The zero-order valence-corrected chi connectivity index (χ0v) is 10.7. The summed E-state index contributed by atoms with van der Waals surface area (Å²) in [7, 11) is 0. The van der Waals surface area contributed by atoms with Crippen LogP contribution in [0.4, 0.5) is 0 Å². The van der Waals surface area contributed by atoms with Crippen molar-refractivity contribution in [2.24, 2.45) is 0 Å². The Morgan fingerprint density at radius 3 is 2.71 bits per heavy atom. The van der Waals surface area contributed by atoms with Crippen molar-refractivity contribution in [3.05, 3.63) is 47.2 Å². The van der Waals surface area contributed by atoms with Crippen LogP contribution in [0.15, 0.2) is 46.7 Å². The van der Waals surface area contributed by atoms with Gasteiger partial charge in [-0.15, -0.1) is 0 Å². The third-order valence-electron chi connectivity index (χ3n) is 2.17. The van der Waals surface area contributed by atoms with Crippen molar-refractivity contribution in [2.45, 2.75) is 23.1 Å². The lowest BCUT2D eigenvalue weighted by atomic mass is 10.2. The summed E-state index contributed by atoms with van der Waals surface area (Å²) >= 11 is 7.40. The molecule has 0 spiro atoms. The largest absolute Gasteiger partial charge is 0.389 e. The predicted molar refractivity (Wildman–Crippen MR) is 68.2 cm³/mol. The Labute approximate surface area is 109 Å². The Balaban J connectivity index is 2.17. The molecule has 2 heterocycles. The minimum atomic E-state index is -0.500. The molecule has 0 bridgehead atoms. The van der Waals surface area contributed by atoms with Crippen molar-refractivity contribution < 1.29 is 5.11 Å². The maximum absolute atomic E-state index is 9.37. The van der Waals surface area contributed by atoms with Crippen molar-refractivity contribution in [3.63, 3.8) is 0 Å². The highest BCUT2D eigenvalue weighted by molar-refractivity contribution is 7.99. The highest BCUT2D eigenvalue weighted by atomic mass is 35.5. The number of nitrogens with zero attached hydrogens (tertiary/aromatic N) is 2. The maximum atomic E-state index is 9.37. The molecule has 0 aliphatic heterocycles. The lowest BCUT2D eigenvalue weighted by molar-refractivity contribution is 0.198. The van der Waals surface area contributed by atoms with Gasteiger partial charge in [-0.3, -0.25) is 0 Å². The molecule has 1 atom stereocenters. The van der Waals surface area contributed by atoms with Gasteiger partial charge in [0.1, 0.15) is 10.1 Å². The first-order valence-corrected chi connectivity index (χ1v) is 6.28. The third kappa shape index (κ3) is 3.19. The summed E-state index contributed by atoms with van der Waals surface area (Å²) in [4.78, 5) is 8.41. The van der Waals surface area contributed by atoms with Gasteiger partial charge in [-0.25, -0.2) is 9.97 Å². The zero-order valence-electron chi connectivity index (χ0n) is 9.17. The second-order valence-electron chi connectivity index (χ2n) is 3.50. The summed E-state index contributed by atoms with van der Waals surface area (Å²) in [6, 6.07) is 7.27. The third-order valence-corrected chi connectivity index (χ3v) is 3.55. The molecular weight excluding hydrogens is 256 g/mol. The van der Waals surface area contributed by atoms with Gasteiger partial charge in [0.05, 0.1) is 11.1 Å². The van der Waals surface area contributed by atoms with Crippen LogP contribution in [0.3, 0.4) is 0 Å². The quantitative estimate of drug-likeness (QED) is 0.926. The Hall–Kier alpha value is -1.10. The van der Waals surface area contributed by atoms with Crippen molar-refractivity contribution >= 4 is 23.4 Å². The molecule has 0 fully saturated rings. The summed E-state index contributed by atoms with van der Waals surface area (Å²) in [5, 5.41) is 11.5. The second kappa shape index (κ2) is 5.49. The Morgan fingerprint density at radius 2 is 2.12 bits per heavy atom. The number of halogens is 1. The minimum Gasteiger partial charge on any atom is -0.389 e. The predicted octanol–water partition coefficient (Wildman–Crippen LogP) is 3.33. The molecular formula is C12H11ClN2OS. The van der Waals surface area contributed by atoms with E-state index in [4.69, 9.17) is 11.6 Å². The average molecular weight is 267 g/mol. The molecule has 2 rings (SSSR count). The number of pyridine rings is 2. The first-order valence-electron chi connectivity index (χ1n) is 5.09. The maximum Gasteiger partial charge on any atom is 0.121 e. The fourth-order valence-corrected chi connectivity index (χ4v) is 2.20. The Kier molecular flexibility index (Phi) is 3.99. The standard InChI is InChI=1S/C12H11ClN2OS/c1-8(16)9-4-5-11(15-7-9)17-12-10(13)3-2-6-14-12/h2-8,16H,1H3/t8-/m0/s1. The number of hydrogen-bond acceptors (Lipinski definition) is 4. The highest BCUT2D eigenvalue weighted by Gasteiger charge is 2.06. The molecule has 1 N–H and O–H groups in total. The normalized spacial score (nSPS) is 12.4. The van der Waals surface area contributed by atoms with E-state index >= 15 is 0 Å². The van der Waals surface area contributed by atoms with E-state index in [0.29, 0.717) is 5.02 Å². The van der Waals surface area contributed by atoms with E-state index < -0.39 is 6.10 Å². The Bertz CT molecular complexity index is 502. The Morgan fingerprint density at radius 1 is 1.29 bits per heavy atom. The first kappa shape index (κ1) is 12.4. The number of aromatic nitrogens is 2. The minimum absolute atomic E-state index is 0.500. The molecule has 0 aliphatic carbocycles. The molecule has 17 heavy (non-hydrogen) atoms. The van der Waals surface area contributed by atoms with Gasteiger partial charge in [0.25, 0.3) is 0 Å². The molecule has 0 radical (unpaired) electrons. The smallest absolute Gasteiger partial charge is 0.121 e. The first-order chi connectivity index (χ1) is 8.16. The van der Waals surface area contributed by atoms with Gasteiger partial charge < -0.3 is 5.11 Å². The number of aliphatic hydroxyl groups excluding tert-OH is 1. The van der Waals surface area contributed by atoms with E-state index in [0.717, 1.165) is 15.6 Å². The highest BCUT2D eigenvalue weighted by Crippen LogP contribution is 2.30. The number of aliphatic hydroxyl groups is 1. The van der Waals surface area contributed by atoms with Crippen LogP contribution in [0, 0.1) is 0 Å². The van der Waals surface area contributed by atoms with Gasteiger partial charge in [0.15, 0.2) is 0 Å². The topological polar surface area (TPSA) is 46.0 Å². The molecule has 0 aromatic carbocycles. The molecule has 88 valence electrons. The molecule has 0 unspecified atom stereocenters. The molecule has 0 amide bonds. The fraction of sp³-hybridized carbons (Fsp3) is 0.167. The van der Waals surface area contributed by atoms with Gasteiger partial charge in [0, 0.05) is 12.4 Å². The van der Waals surface area contributed by atoms with E-state index in [1.807, 2.05) is 12.1 Å². The summed E-state index contributed by atoms with van der Waals surface area (Å²) in [6.07, 6.45) is 2.85. The molecule has 0 aliphatic rings. The van der Waals surface area contributed by atoms with Gasteiger partial charge in [0.2, 0.25) is 0 Å². The summed E-state index contributed by atoms with van der Waals surface area (Å²) < 4.78 is 0. The van der Waals surface area contributed by atoms with Crippen molar-refractivity contribution in [2.75, 3.05) is 0 Å². The summed E-state index contributed by atoms with van der Waals surface area (Å²) in [6.45, 7) is 1.71. The van der Waals surface area contributed by atoms with Gasteiger partial charge in [-0.1, -0.05) is 17.7 Å². The molecule has 5 heteroatoms. The van der Waals surface area contributed by atoms with Crippen LogP contribution in [0.1, 0.15) is 18.6 Å². The molecule has 0 saturated carbocycles. The van der Waals surface area contributed by atoms with Crippen LogP contribution < -0.4 is 0 Å². The van der Waals surface area contributed by atoms with Crippen LogP contribution >= 0.6 is 23.4 Å². The summed E-state index contributed by atoms with van der Waals surface area (Å²) in [5.74, 6) is 0. The molecule has 2 aromatic heterocycles. The van der Waals surface area contributed by atoms with E-state index in [1.54, 1.807) is 31.5 Å². The van der Waals surface area contributed by atoms with Crippen molar-refractivity contribution in [3.8, 4) is 0 Å². The van der Waals surface area contributed by atoms with Crippen LogP contribution in [-0.2, 0) is 0 Å². The van der Waals surface area contributed by atoms with E-state index in [1.165, 1.54) is 11.8 Å². The summed E-state index contributed by atoms with van der Waals surface area (Å²) in [5.41, 5.74) is 0.793. The van der Waals surface area contributed by atoms with E-state index in [9.17, 15) is 5.11 Å². The fourth-order valence-electron chi connectivity index (χ4n) is 1.24. The second-order valence-corrected chi connectivity index (χ2v) is 4.91. The van der Waals surface area contributed by atoms with Gasteiger partial charge >= 0.3 is 0 Å². The molecule has 3 nitrogen and oxygen atoms in total. The number of rotatable bonds is 3. The SMILES string of the molecule is C[C@H](O)c1ccc(Sc2ncccc2Cl)nc1. The van der Waals surface area contributed by atoms with E-state index in [-0.39, 0.29) is 0 Å². The lowest BCUT2D eigenvalue weighted by Gasteiger charge is -2.05. The molecule has 2 aromatic rings. The number of hydrogen-bond donors (Lipinski definition) is 1. The van der Waals surface area contributed by atoms with Crippen LogP contribution in [0.2, 0.25) is 5.02 Å². The average Bonchev–Trinajstić information content (AvgIpc) is 2.33.